The Balaban J connectivity index is 0.00000364. The lowest BCUT2D eigenvalue weighted by molar-refractivity contribution is 0.487. The average Bonchev–Trinajstić information content (AvgIpc) is 3.12. The van der Waals surface area contributed by atoms with Crippen molar-refractivity contribution < 1.29 is 8.42 Å². The molecule has 0 bridgehead atoms. The van der Waals surface area contributed by atoms with Gasteiger partial charge in [0.25, 0.3) is 0 Å². The number of guanidine groups is 1. The van der Waals surface area contributed by atoms with Crippen molar-refractivity contribution in [3.8, 4) is 0 Å². The first-order valence-electron chi connectivity index (χ1n) is 9.80. The molecular formula is C20H34IN3O2S. The van der Waals surface area contributed by atoms with Gasteiger partial charge >= 0.3 is 0 Å². The smallest absolute Gasteiger partial charge is 0.191 e. The van der Waals surface area contributed by atoms with Gasteiger partial charge in [0.15, 0.2) is 15.8 Å². The van der Waals surface area contributed by atoms with E-state index < -0.39 is 9.84 Å². The zero-order valence-corrected chi connectivity index (χ0v) is 19.7. The summed E-state index contributed by atoms with van der Waals surface area (Å²) in [5.74, 6) is 1.79. The molecule has 0 atom stereocenters. The summed E-state index contributed by atoms with van der Waals surface area (Å²) in [5, 5.41) is 6.65. The largest absolute Gasteiger partial charge is 0.357 e. The van der Waals surface area contributed by atoms with E-state index in [1.807, 2.05) is 12.1 Å². The minimum Gasteiger partial charge on any atom is -0.357 e. The number of hydrogen-bond donors (Lipinski definition) is 2. The maximum Gasteiger partial charge on any atom is 0.191 e. The van der Waals surface area contributed by atoms with Crippen LogP contribution in [0.2, 0.25) is 0 Å². The molecular weight excluding hydrogens is 473 g/mol. The zero-order chi connectivity index (χ0) is 18.8. The molecule has 1 saturated carbocycles. The summed E-state index contributed by atoms with van der Waals surface area (Å²) in [6.45, 7) is 4.55. The van der Waals surface area contributed by atoms with Crippen LogP contribution in [0.1, 0.15) is 51.0 Å². The van der Waals surface area contributed by atoms with Crippen LogP contribution in [0.4, 0.5) is 0 Å². The van der Waals surface area contributed by atoms with Crippen molar-refractivity contribution in [3.63, 3.8) is 0 Å². The Morgan fingerprint density at radius 3 is 2.41 bits per heavy atom. The van der Waals surface area contributed by atoms with E-state index in [2.05, 4.69) is 22.5 Å². The highest BCUT2D eigenvalue weighted by molar-refractivity contribution is 14.0. The fraction of sp³-hybridized carbons (Fsp3) is 0.650. The van der Waals surface area contributed by atoms with Gasteiger partial charge in [-0.05, 0) is 49.8 Å². The molecule has 0 saturated heterocycles. The summed E-state index contributed by atoms with van der Waals surface area (Å²) in [4.78, 5) is 5.03. The second-order valence-electron chi connectivity index (χ2n) is 7.15. The van der Waals surface area contributed by atoms with Crippen LogP contribution in [0.15, 0.2) is 34.2 Å². The SMILES string of the molecule is CCNC(=NCCCC1CCCC1)NCCc1ccc(S(C)(=O)=O)cc1.I. The van der Waals surface area contributed by atoms with Crippen molar-refractivity contribution in [1.29, 1.82) is 0 Å². The number of benzene rings is 1. The zero-order valence-electron chi connectivity index (χ0n) is 16.5. The van der Waals surface area contributed by atoms with E-state index >= 15 is 0 Å². The van der Waals surface area contributed by atoms with Crippen molar-refractivity contribution in [3.05, 3.63) is 29.8 Å². The molecule has 0 spiro atoms. The van der Waals surface area contributed by atoms with Crippen LogP contribution in [0.5, 0.6) is 0 Å². The van der Waals surface area contributed by atoms with Crippen LogP contribution in [-0.4, -0.2) is 40.3 Å². The fourth-order valence-corrected chi connectivity index (χ4v) is 4.07. The van der Waals surface area contributed by atoms with Crippen molar-refractivity contribution in [2.75, 3.05) is 25.9 Å². The van der Waals surface area contributed by atoms with Crippen LogP contribution in [0, 0.1) is 5.92 Å². The molecule has 0 radical (unpaired) electrons. The second kappa shape index (κ2) is 12.6. The first-order chi connectivity index (χ1) is 12.5. The van der Waals surface area contributed by atoms with Crippen LogP contribution >= 0.6 is 24.0 Å². The highest BCUT2D eigenvalue weighted by atomic mass is 127. The van der Waals surface area contributed by atoms with Gasteiger partial charge in [-0.2, -0.15) is 0 Å². The molecule has 1 fully saturated rings. The third-order valence-electron chi connectivity index (χ3n) is 4.92. The highest BCUT2D eigenvalue weighted by Crippen LogP contribution is 2.28. The number of rotatable bonds is 9. The molecule has 154 valence electrons. The summed E-state index contributed by atoms with van der Waals surface area (Å²) in [7, 11) is -3.12. The Hall–Kier alpha value is -0.830. The Morgan fingerprint density at radius 2 is 1.81 bits per heavy atom. The molecule has 2 N–H and O–H groups in total. The van der Waals surface area contributed by atoms with E-state index in [0.717, 1.165) is 49.9 Å². The Morgan fingerprint density at radius 1 is 1.15 bits per heavy atom. The normalized spacial score (nSPS) is 15.4. The molecule has 0 amide bonds. The van der Waals surface area contributed by atoms with E-state index in [4.69, 9.17) is 0 Å². The van der Waals surface area contributed by atoms with Gasteiger partial charge in [0.2, 0.25) is 0 Å². The number of halogens is 1. The third-order valence-corrected chi connectivity index (χ3v) is 6.05. The van der Waals surface area contributed by atoms with Crippen LogP contribution in [-0.2, 0) is 16.3 Å². The second-order valence-corrected chi connectivity index (χ2v) is 9.16. The summed E-state index contributed by atoms with van der Waals surface area (Å²) in [5.41, 5.74) is 1.11. The standard InChI is InChI=1S/C20H33N3O2S.HI/c1-3-21-20(22-15-6-9-17-7-4-5-8-17)23-16-14-18-10-12-19(13-11-18)26(2,24)25;/h10-13,17H,3-9,14-16H2,1-2H3,(H2,21,22,23);1H. The lowest BCUT2D eigenvalue weighted by Gasteiger charge is -2.12. The number of hydrogen-bond acceptors (Lipinski definition) is 3. The minimum absolute atomic E-state index is 0. The van der Waals surface area contributed by atoms with Crippen molar-refractivity contribution >= 4 is 39.8 Å². The quantitative estimate of drug-likeness (QED) is 0.231. The Kier molecular flexibility index (Phi) is 11.3. The molecule has 0 heterocycles. The first-order valence-corrected chi connectivity index (χ1v) is 11.7. The minimum atomic E-state index is -3.12. The molecule has 5 nitrogen and oxygen atoms in total. The van der Waals surface area contributed by atoms with Crippen molar-refractivity contribution in [1.82, 2.24) is 10.6 Å². The van der Waals surface area contributed by atoms with Gasteiger partial charge in [-0.1, -0.05) is 37.8 Å². The first kappa shape index (κ1) is 24.2. The summed E-state index contributed by atoms with van der Waals surface area (Å²) in [6, 6.07) is 7.10. The highest BCUT2D eigenvalue weighted by Gasteiger charge is 2.13. The molecule has 0 aromatic heterocycles. The molecule has 1 aromatic rings. The van der Waals surface area contributed by atoms with Gasteiger partial charge in [0, 0.05) is 25.9 Å². The maximum absolute atomic E-state index is 11.5. The van der Waals surface area contributed by atoms with Gasteiger partial charge in [-0.3, -0.25) is 4.99 Å². The molecule has 0 aliphatic heterocycles. The Bertz CT molecular complexity index is 669. The molecule has 1 aromatic carbocycles. The predicted octanol–water partition coefficient (Wildman–Crippen LogP) is 3.78. The predicted molar refractivity (Wildman–Crippen MR) is 124 cm³/mol. The summed E-state index contributed by atoms with van der Waals surface area (Å²) < 4.78 is 23.0. The molecule has 1 aliphatic carbocycles. The Labute approximate surface area is 181 Å². The van der Waals surface area contributed by atoms with Gasteiger partial charge in [-0.25, -0.2) is 8.42 Å². The number of nitrogens with zero attached hydrogens (tertiary/aromatic N) is 1. The monoisotopic (exact) mass is 507 g/mol. The van der Waals surface area contributed by atoms with E-state index in [9.17, 15) is 8.42 Å². The third kappa shape index (κ3) is 9.27. The van der Waals surface area contributed by atoms with E-state index in [1.54, 1.807) is 12.1 Å². The lowest BCUT2D eigenvalue weighted by Crippen LogP contribution is -2.38. The van der Waals surface area contributed by atoms with E-state index in [-0.39, 0.29) is 24.0 Å². The molecule has 2 rings (SSSR count). The van der Waals surface area contributed by atoms with Gasteiger partial charge in [-0.15, -0.1) is 24.0 Å². The van der Waals surface area contributed by atoms with Crippen LogP contribution in [0.3, 0.4) is 0 Å². The summed E-state index contributed by atoms with van der Waals surface area (Å²) >= 11 is 0. The van der Waals surface area contributed by atoms with Gasteiger partial charge in [0.1, 0.15) is 0 Å². The average molecular weight is 507 g/mol. The van der Waals surface area contributed by atoms with Gasteiger partial charge in [0.05, 0.1) is 4.90 Å². The molecule has 27 heavy (non-hydrogen) atoms. The van der Waals surface area contributed by atoms with E-state index in [1.165, 1.54) is 38.4 Å². The number of aliphatic imine (C=N–C) groups is 1. The van der Waals surface area contributed by atoms with Crippen molar-refractivity contribution in [2.45, 2.75) is 56.8 Å². The van der Waals surface area contributed by atoms with Crippen LogP contribution in [0.25, 0.3) is 0 Å². The topological polar surface area (TPSA) is 70.6 Å². The molecule has 1 aliphatic rings. The molecule has 0 unspecified atom stereocenters. The summed E-state index contributed by atoms with van der Waals surface area (Å²) in [6.07, 6.45) is 10.1. The van der Waals surface area contributed by atoms with E-state index in [0.29, 0.717) is 4.90 Å². The number of nitrogens with one attached hydrogen (secondary N) is 2. The van der Waals surface area contributed by atoms with Crippen molar-refractivity contribution in [2.24, 2.45) is 10.9 Å². The fourth-order valence-electron chi connectivity index (χ4n) is 3.44. The lowest BCUT2D eigenvalue weighted by atomic mass is 10.0. The maximum atomic E-state index is 11.5. The van der Waals surface area contributed by atoms with Gasteiger partial charge < -0.3 is 10.6 Å². The van der Waals surface area contributed by atoms with Crippen LogP contribution < -0.4 is 10.6 Å². The molecule has 7 heteroatoms. The number of sulfone groups is 1.